The summed E-state index contributed by atoms with van der Waals surface area (Å²) in [5.41, 5.74) is 2.65. The van der Waals surface area contributed by atoms with E-state index in [0.29, 0.717) is 5.38 Å². The van der Waals surface area contributed by atoms with Crippen molar-refractivity contribution in [3.05, 3.63) is 71.8 Å². The van der Waals surface area contributed by atoms with Gasteiger partial charge < -0.3 is 5.32 Å². The number of alkyl halides is 1. The maximum absolute atomic E-state index is 5.67. The molecule has 0 spiro atoms. The van der Waals surface area contributed by atoms with Gasteiger partial charge in [0.1, 0.15) is 0 Å². The second-order valence-corrected chi connectivity index (χ2v) is 6.73. The number of benzene rings is 2. The molecule has 0 aliphatic rings. The Morgan fingerprint density at radius 2 is 1.18 bits per heavy atom. The molecule has 0 saturated heterocycles. The molecule has 0 amide bonds. The van der Waals surface area contributed by atoms with Crippen molar-refractivity contribution in [3.63, 3.8) is 0 Å². The van der Waals surface area contributed by atoms with Gasteiger partial charge in [-0.2, -0.15) is 0 Å². The van der Waals surface area contributed by atoms with Crippen LogP contribution in [0.5, 0.6) is 0 Å². The minimum atomic E-state index is 0.347. The minimum absolute atomic E-state index is 0.347. The molecule has 2 aromatic carbocycles. The van der Waals surface area contributed by atoms with Crippen molar-refractivity contribution in [3.8, 4) is 0 Å². The van der Waals surface area contributed by atoms with Crippen LogP contribution >= 0.6 is 11.6 Å². The lowest BCUT2D eigenvalue weighted by Crippen LogP contribution is -2.12. The van der Waals surface area contributed by atoms with Crippen molar-refractivity contribution in [1.29, 1.82) is 0 Å². The Bertz CT molecular complexity index is 434. The van der Waals surface area contributed by atoms with Gasteiger partial charge in [0, 0.05) is 18.5 Å². The molecule has 22 heavy (non-hydrogen) atoms. The minimum Gasteiger partial charge on any atom is -0.309 e. The van der Waals surface area contributed by atoms with E-state index in [0.717, 1.165) is 25.4 Å². The molecule has 0 fully saturated rings. The van der Waals surface area contributed by atoms with Gasteiger partial charge in [-0.05, 0) is 30.4 Å². The van der Waals surface area contributed by atoms with E-state index in [1.807, 2.05) is 19.1 Å². The van der Waals surface area contributed by atoms with Crippen LogP contribution in [0.25, 0.3) is 0 Å². The van der Waals surface area contributed by atoms with Gasteiger partial charge in [-0.1, -0.05) is 74.5 Å². The summed E-state index contributed by atoms with van der Waals surface area (Å²) in [6.07, 6.45) is 1.13. The van der Waals surface area contributed by atoms with E-state index < -0.39 is 0 Å². The first-order valence-corrected chi connectivity index (χ1v) is 8.44. The van der Waals surface area contributed by atoms with E-state index in [1.54, 1.807) is 0 Å². The lowest BCUT2D eigenvalue weighted by Gasteiger charge is -2.04. The highest BCUT2D eigenvalue weighted by atomic mass is 35.5. The summed E-state index contributed by atoms with van der Waals surface area (Å²) in [6.45, 7) is 8.24. The first kappa shape index (κ1) is 18.7. The van der Waals surface area contributed by atoms with Gasteiger partial charge in [0.15, 0.2) is 0 Å². The Hall–Kier alpha value is -1.31. The average Bonchev–Trinajstić information content (AvgIpc) is 2.49. The SMILES string of the molecule is CC(C)CC(C)Cl.c1ccc(CNCc2ccccc2)cc1. The van der Waals surface area contributed by atoms with Crippen LogP contribution in [0.2, 0.25) is 0 Å². The summed E-state index contributed by atoms with van der Waals surface area (Å²) < 4.78 is 0. The summed E-state index contributed by atoms with van der Waals surface area (Å²) in [6, 6.07) is 20.9. The Balaban J connectivity index is 0.000000295. The standard InChI is InChI=1S/C14H15N.C6H13Cl/c1-3-7-13(8-4-1)11-15-12-14-9-5-2-6-10-14;1-5(2)4-6(3)7/h1-10,15H,11-12H2;5-6H,4H2,1-3H3. The molecule has 1 unspecified atom stereocenters. The van der Waals surface area contributed by atoms with Crippen LogP contribution in [0.1, 0.15) is 38.3 Å². The maximum Gasteiger partial charge on any atom is 0.0310 e. The van der Waals surface area contributed by atoms with Crippen LogP contribution in [0.4, 0.5) is 0 Å². The Labute approximate surface area is 140 Å². The number of halogens is 1. The molecule has 2 rings (SSSR count). The van der Waals surface area contributed by atoms with Crippen molar-refractivity contribution in [1.82, 2.24) is 5.32 Å². The lowest BCUT2D eigenvalue weighted by molar-refractivity contribution is 0.581. The summed E-state index contributed by atoms with van der Waals surface area (Å²) in [4.78, 5) is 0. The van der Waals surface area contributed by atoms with Crippen LogP contribution < -0.4 is 5.32 Å². The number of hydrogen-bond donors (Lipinski definition) is 1. The predicted octanol–water partition coefficient (Wildman–Crippen LogP) is 5.64. The molecule has 1 N–H and O–H groups in total. The molecule has 2 heteroatoms. The highest BCUT2D eigenvalue weighted by molar-refractivity contribution is 6.20. The van der Waals surface area contributed by atoms with Gasteiger partial charge in [-0.25, -0.2) is 0 Å². The Morgan fingerprint density at radius 1 is 0.773 bits per heavy atom. The van der Waals surface area contributed by atoms with E-state index in [9.17, 15) is 0 Å². The first-order valence-electron chi connectivity index (χ1n) is 8.00. The highest BCUT2D eigenvalue weighted by Gasteiger charge is 1.97. The molecule has 0 heterocycles. The van der Waals surface area contributed by atoms with Crippen molar-refractivity contribution in [2.24, 2.45) is 5.92 Å². The molecule has 120 valence electrons. The number of rotatable bonds is 6. The van der Waals surface area contributed by atoms with E-state index in [1.165, 1.54) is 11.1 Å². The molecule has 0 aliphatic heterocycles. The number of hydrogen-bond acceptors (Lipinski definition) is 1. The third-order valence-electron chi connectivity index (χ3n) is 3.14. The van der Waals surface area contributed by atoms with Gasteiger partial charge in [0.25, 0.3) is 0 Å². The van der Waals surface area contributed by atoms with Gasteiger partial charge in [0.05, 0.1) is 0 Å². The predicted molar refractivity (Wildman–Crippen MR) is 98.2 cm³/mol. The summed E-state index contributed by atoms with van der Waals surface area (Å²) in [5, 5.41) is 3.77. The van der Waals surface area contributed by atoms with E-state index >= 15 is 0 Å². The maximum atomic E-state index is 5.67. The van der Waals surface area contributed by atoms with Crippen LogP contribution in [0.3, 0.4) is 0 Å². The fourth-order valence-corrected chi connectivity index (χ4v) is 2.55. The molecule has 0 radical (unpaired) electrons. The largest absolute Gasteiger partial charge is 0.309 e. The average molecular weight is 318 g/mol. The fourth-order valence-electron chi connectivity index (χ4n) is 2.19. The Morgan fingerprint density at radius 3 is 1.45 bits per heavy atom. The topological polar surface area (TPSA) is 12.0 Å². The van der Waals surface area contributed by atoms with Crippen LogP contribution in [0, 0.1) is 5.92 Å². The van der Waals surface area contributed by atoms with Crippen LogP contribution in [-0.2, 0) is 13.1 Å². The lowest BCUT2D eigenvalue weighted by atomic mass is 10.1. The fraction of sp³-hybridized carbons (Fsp3) is 0.400. The quantitative estimate of drug-likeness (QED) is 0.680. The second kappa shape index (κ2) is 11.3. The molecular formula is C20H28ClN. The molecule has 0 aliphatic carbocycles. The molecular weight excluding hydrogens is 290 g/mol. The summed E-state index contributed by atoms with van der Waals surface area (Å²) in [7, 11) is 0. The van der Waals surface area contributed by atoms with Crippen molar-refractivity contribution < 1.29 is 0 Å². The third-order valence-corrected chi connectivity index (χ3v) is 3.32. The zero-order valence-electron chi connectivity index (χ0n) is 13.9. The van der Waals surface area contributed by atoms with Crippen molar-refractivity contribution in [2.45, 2.75) is 45.7 Å². The molecule has 1 atom stereocenters. The monoisotopic (exact) mass is 317 g/mol. The third kappa shape index (κ3) is 9.59. The van der Waals surface area contributed by atoms with Gasteiger partial charge in [0.2, 0.25) is 0 Å². The zero-order valence-corrected chi connectivity index (χ0v) is 14.7. The van der Waals surface area contributed by atoms with Gasteiger partial charge in [-0.3, -0.25) is 0 Å². The van der Waals surface area contributed by atoms with Crippen LogP contribution in [0.15, 0.2) is 60.7 Å². The summed E-state index contributed by atoms with van der Waals surface area (Å²) in [5.74, 6) is 0.743. The molecule has 1 nitrogen and oxygen atoms in total. The summed E-state index contributed by atoms with van der Waals surface area (Å²) >= 11 is 5.67. The molecule has 0 aromatic heterocycles. The number of nitrogens with one attached hydrogen (secondary N) is 1. The van der Waals surface area contributed by atoms with E-state index in [4.69, 9.17) is 11.6 Å². The van der Waals surface area contributed by atoms with Gasteiger partial charge >= 0.3 is 0 Å². The second-order valence-electron chi connectivity index (χ2n) is 5.99. The van der Waals surface area contributed by atoms with E-state index in [-0.39, 0.29) is 0 Å². The molecule has 0 bridgehead atoms. The van der Waals surface area contributed by atoms with Crippen molar-refractivity contribution >= 4 is 11.6 Å². The Kier molecular flexibility index (Phi) is 9.61. The molecule has 0 saturated carbocycles. The molecule has 2 aromatic rings. The van der Waals surface area contributed by atoms with Crippen LogP contribution in [-0.4, -0.2) is 5.38 Å². The van der Waals surface area contributed by atoms with Gasteiger partial charge in [-0.15, -0.1) is 11.6 Å². The highest BCUT2D eigenvalue weighted by Crippen LogP contribution is 2.08. The smallest absolute Gasteiger partial charge is 0.0310 e. The normalized spacial score (nSPS) is 11.7. The van der Waals surface area contributed by atoms with E-state index in [2.05, 4.69) is 67.7 Å². The zero-order chi connectivity index (χ0) is 16.2. The first-order chi connectivity index (χ1) is 10.6. The van der Waals surface area contributed by atoms with Crippen molar-refractivity contribution in [2.75, 3.05) is 0 Å².